The summed E-state index contributed by atoms with van der Waals surface area (Å²) in [6, 6.07) is 0. The Labute approximate surface area is 644 Å². The van der Waals surface area contributed by atoms with E-state index < -0.39 is 97.5 Å². The smallest absolute Gasteiger partial charge is 0.462 e. The summed E-state index contributed by atoms with van der Waals surface area (Å²) in [5.74, 6) is -2.22. The number of carbonyl (C=O) groups excluding carboxylic acids is 4. The van der Waals surface area contributed by atoms with Gasteiger partial charge in [0.2, 0.25) is 0 Å². The minimum Gasteiger partial charge on any atom is -0.462 e. The number of esters is 4. The van der Waals surface area contributed by atoms with Crippen molar-refractivity contribution in [2.45, 2.75) is 367 Å². The number of hydrogen-bond acceptors (Lipinski definition) is 15. The molecule has 0 heterocycles. The molecular weight excluding hydrogens is 1380 g/mol. The topological polar surface area (TPSA) is 237 Å². The highest BCUT2D eigenvalue weighted by Gasteiger charge is 2.30. The molecule has 0 saturated carbocycles. The molecule has 0 bridgehead atoms. The zero-order valence-corrected chi connectivity index (χ0v) is 68.6. The molecule has 0 aliphatic heterocycles. The largest absolute Gasteiger partial charge is 0.472 e. The van der Waals surface area contributed by atoms with Crippen LogP contribution in [0.5, 0.6) is 0 Å². The lowest BCUT2D eigenvalue weighted by Crippen LogP contribution is -2.30. The van der Waals surface area contributed by atoms with Crippen LogP contribution in [-0.2, 0) is 65.4 Å². The van der Waals surface area contributed by atoms with E-state index in [2.05, 4.69) is 149 Å². The molecule has 106 heavy (non-hydrogen) atoms. The van der Waals surface area contributed by atoms with Crippen molar-refractivity contribution in [1.82, 2.24) is 0 Å². The third-order valence-electron chi connectivity index (χ3n) is 17.4. The van der Waals surface area contributed by atoms with Crippen molar-refractivity contribution in [3.8, 4) is 0 Å². The fraction of sp³-hybridized carbons (Fsp3) is 0.724. The van der Waals surface area contributed by atoms with Gasteiger partial charge in [0.05, 0.1) is 26.4 Å². The van der Waals surface area contributed by atoms with Gasteiger partial charge in [0.25, 0.3) is 0 Å². The molecule has 0 aliphatic carbocycles. The number of aliphatic hydroxyl groups is 1. The van der Waals surface area contributed by atoms with E-state index in [0.717, 1.165) is 193 Å². The summed E-state index contributed by atoms with van der Waals surface area (Å²) in [6.45, 7) is 4.68. The molecule has 0 saturated heterocycles. The van der Waals surface area contributed by atoms with E-state index in [4.69, 9.17) is 37.0 Å². The van der Waals surface area contributed by atoms with Crippen LogP contribution in [0.2, 0.25) is 0 Å². The van der Waals surface area contributed by atoms with Crippen LogP contribution in [0, 0.1) is 0 Å². The Morgan fingerprint density at radius 1 is 0.274 bits per heavy atom. The van der Waals surface area contributed by atoms with Gasteiger partial charge >= 0.3 is 39.5 Å². The molecule has 0 rings (SSSR count). The summed E-state index contributed by atoms with van der Waals surface area (Å²) in [5, 5.41) is 10.7. The highest BCUT2D eigenvalue weighted by molar-refractivity contribution is 7.47. The Kier molecular flexibility index (Phi) is 75.2. The molecule has 5 unspecified atom stereocenters. The maximum Gasteiger partial charge on any atom is 0.472 e. The van der Waals surface area contributed by atoms with Gasteiger partial charge in [-0.05, 0) is 141 Å². The maximum absolute atomic E-state index is 13.1. The van der Waals surface area contributed by atoms with Gasteiger partial charge in [0, 0.05) is 25.7 Å². The number of carbonyl (C=O) groups is 4. The average molecular weight is 1530 g/mol. The van der Waals surface area contributed by atoms with Crippen molar-refractivity contribution in [3.63, 3.8) is 0 Å². The number of allylic oxidation sites excluding steroid dienone is 20. The zero-order chi connectivity index (χ0) is 77.4. The van der Waals surface area contributed by atoms with E-state index in [1.54, 1.807) is 0 Å². The zero-order valence-electron chi connectivity index (χ0n) is 66.8. The number of unbranched alkanes of at least 4 members (excludes halogenated alkanes) is 32. The van der Waals surface area contributed by atoms with Gasteiger partial charge in [-0.15, -0.1) is 0 Å². The third kappa shape index (κ3) is 77.6. The molecule has 0 amide bonds. The molecule has 610 valence electrons. The second kappa shape index (κ2) is 78.6. The highest BCUT2D eigenvalue weighted by atomic mass is 31.2. The van der Waals surface area contributed by atoms with E-state index in [0.29, 0.717) is 25.7 Å². The molecular formula is C87H150O17P2. The molecule has 0 aromatic heterocycles. The van der Waals surface area contributed by atoms with E-state index in [-0.39, 0.29) is 25.7 Å². The van der Waals surface area contributed by atoms with Crippen LogP contribution >= 0.6 is 15.6 Å². The van der Waals surface area contributed by atoms with Crippen molar-refractivity contribution in [3.05, 3.63) is 122 Å². The Bertz CT molecular complexity index is 2480. The van der Waals surface area contributed by atoms with Crippen molar-refractivity contribution < 1.29 is 80.2 Å². The molecule has 0 aliphatic rings. The molecule has 5 atom stereocenters. The summed E-state index contributed by atoms with van der Waals surface area (Å²) >= 11 is 0. The van der Waals surface area contributed by atoms with Gasteiger partial charge in [0.15, 0.2) is 12.2 Å². The molecule has 0 fully saturated rings. The van der Waals surface area contributed by atoms with Crippen molar-refractivity contribution >= 4 is 39.5 Å². The number of phosphoric acid groups is 2. The monoisotopic (exact) mass is 1530 g/mol. The third-order valence-corrected chi connectivity index (χ3v) is 19.3. The van der Waals surface area contributed by atoms with Crippen LogP contribution in [0.1, 0.15) is 349 Å². The quantitative estimate of drug-likeness (QED) is 0.0169. The van der Waals surface area contributed by atoms with Crippen molar-refractivity contribution in [2.75, 3.05) is 39.6 Å². The van der Waals surface area contributed by atoms with E-state index in [1.165, 1.54) is 77.0 Å². The molecule has 0 aromatic rings. The van der Waals surface area contributed by atoms with Crippen LogP contribution in [0.25, 0.3) is 0 Å². The number of ether oxygens (including phenoxy) is 4. The minimum absolute atomic E-state index is 0.0621. The van der Waals surface area contributed by atoms with Crippen molar-refractivity contribution in [2.24, 2.45) is 0 Å². The first-order valence-electron chi connectivity index (χ1n) is 41.8. The highest BCUT2D eigenvalue weighted by Crippen LogP contribution is 2.45. The van der Waals surface area contributed by atoms with E-state index in [1.807, 2.05) is 0 Å². The number of phosphoric ester groups is 2. The fourth-order valence-electron chi connectivity index (χ4n) is 11.0. The first kappa shape index (κ1) is 101. The summed E-state index contributed by atoms with van der Waals surface area (Å²) < 4.78 is 68.7. The number of hydrogen-bond donors (Lipinski definition) is 3. The minimum atomic E-state index is -4.99. The molecule has 0 spiro atoms. The van der Waals surface area contributed by atoms with Crippen LogP contribution in [0.4, 0.5) is 0 Å². The standard InChI is InChI=1S/C87H150O17P2/c1-5-9-13-17-21-25-29-32-35-38-40-43-45-48-52-55-59-63-67-71-84(89)97-77-82(103-86(91)73-69-65-61-57-51-28-24-20-16-12-8-4)79-101-105(93,94)99-75-81(88)76-100-106(95,96)102-80-83(104-87(92)74-70-66-62-58-54-50-47-42-37-34-31-27-23-19-15-11-7-3)78-98-85(90)72-68-64-60-56-53-49-46-44-41-39-36-33-30-26-22-18-14-10-6-2/h11,15,21-23,25-27,32-37,40-41,43-44,47,50,81-83,88H,5-10,12-14,16-20,24,28-31,38-39,42,45-46,48-49,51-80H2,1-4H3,(H,93,94)(H,95,96)/b15-11-,25-21-,26-22-,27-23-,35-32-,36-33-,37-34-,43-40-,44-41-,50-47-. The van der Waals surface area contributed by atoms with Crippen LogP contribution in [-0.4, -0.2) is 96.7 Å². The van der Waals surface area contributed by atoms with Crippen LogP contribution in [0.3, 0.4) is 0 Å². The molecule has 0 aromatic carbocycles. The summed E-state index contributed by atoms with van der Waals surface area (Å²) in [7, 11) is -9.97. The fourth-order valence-corrected chi connectivity index (χ4v) is 12.6. The normalized spacial score (nSPS) is 14.4. The lowest BCUT2D eigenvalue weighted by molar-refractivity contribution is -0.161. The summed E-state index contributed by atoms with van der Waals surface area (Å²) in [4.78, 5) is 73.1. The lowest BCUT2D eigenvalue weighted by Gasteiger charge is -2.21. The predicted molar refractivity (Wildman–Crippen MR) is 436 cm³/mol. The van der Waals surface area contributed by atoms with Crippen LogP contribution < -0.4 is 0 Å². The molecule has 17 nitrogen and oxygen atoms in total. The first-order chi connectivity index (χ1) is 51.7. The lowest BCUT2D eigenvalue weighted by atomic mass is 10.1. The Morgan fingerprint density at radius 2 is 0.491 bits per heavy atom. The van der Waals surface area contributed by atoms with E-state index in [9.17, 15) is 43.2 Å². The van der Waals surface area contributed by atoms with E-state index >= 15 is 0 Å². The van der Waals surface area contributed by atoms with Gasteiger partial charge in [-0.2, -0.15) is 0 Å². The maximum atomic E-state index is 13.1. The molecule has 0 radical (unpaired) electrons. The molecule has 19 heteroatoms. The second-order valence-electron chi connectivity index (χ2n) is 27.7. The Hall–Kier alpha value is -4.54. The van der Waals surface area contributed by atoms with Gasteiger partial charge in [-0.3, -0.25) is 37.3 Å². The van der Waals surface area contributed by atoms with Crippen LogP contribution in [0.15, 0.2) is 122 Å². The van der Waals surface area contributed by atoms with Gasteiger partial charge in [-0.1, -0.05) is 303 Å². The van der Waals surface area contributed by atoms with Gasteiger partial charge < -0.3 is 33.8 Å². The predicted octanol–water partition coefficient (Wildman–Crippen LogP) is 24.7. The number of rotatable bonds is 78. The van der Waals surface area contributed by atoms with Gasteiger partial charge in [0.1, 0.15) is 19.3 Å². The summed E-state index contributed by atoms with van der Waals surface area (Å²) in [5.41, 5.74) is 0. The Morgan fingerprint density at radius 3 is 0.774 bits per heavy atom. The Balaban J connectivity index is 5.36. The average Bonchev–Trinajstić information content (AvgIpc) is 0.901. The second-order valence-corrected chi connectivity index (χ2v) is 30.6. The van der Waals surface area contributed by atoms with Crippen molar-refractivity contribution in [1.29, 1.82) is 0 Å². The SMILES string of the molecule is CC/C=C\C/C=C\C/C=C\C/C=C\CCCCCCC(=O)OC(COC(=O)CCCCCCCC/C=C\C/C=C\C/C=C\CCCCC)COP(=O)(O)OCC(O)COP(=O)(O)OCC(COC(=O)CCCCCCCC/C=C\C/C=C\C/C=C\CCCCC)OC(=O)CCCCCCCCCCCCC. The molecule has 3 N–H and O–H groups in total. The first-order valence-corrected chi connectivity index (χ1v) is 44.8. The van der Waals surface area contributed by atoms with Gasteiger partial charge in [-0.25, -0.2) is 9.13 Å². The summed E-state index contributed by atoms with van der Waals surface area (Å²) in [6.07, 6.45) is 87.3. The number of aliphatic hydroxyl groups excluding tert-OH is 1.